The average molecular weight is 829 g/mol. The van der Waals surface area contributed by atoms with Gasteiger partial charge < -0.3 is 18.9 Å². The van der Waals surface area contributed by atoms with E-state index in [0.29, 0.717) is 0 Å². The molecule has 0 amide bonds. The Balaban J connectivity index is 1.99. The maximum absolute atomic E-state index is 12.3. The molecule has 0 N–H and O–H groups in total. The maximum Gasteiger partial charge on any atom is 0.271 e. The molecule has 0 atom stereocenters. The van der Waals surface area contributed by atoms with Gasteiger partial charge in [0.05, 0.1) is 58.9 Å². The van der Waals surface area contributed by atoms with Crippen molar-refractivity contribution >= 4 is 69.8 Å². The van der Waals surface area contributed by atoms with Crippen LogP contribution in [0.1, 0.15) is 0 Å². The number of fused-ring (bicyclic) bond motifs is 8. The molecule has 4 aromatic rings. The van der Waals surface area contributed by atoms with Crippen molar-refractivity contribution in [1.29, 1.82) is 0 Å². The number of rotatable bonds is 12. The molecular formula is C36H20N4O12S4. The normalized spacial score (nSPS) is 11.4. The summed E-state index contributed by atoms with van der Waals surface area (Å²) in [6, 6.07) is 9.14. The van der Waals surface area contributed by atoms with Crippen LogP contribution in [0.2, 0.25) is 0 Å². The fourth-order valence-electron chi connectivity index (χ4n) is 4.78. The van der Waals surface area contributed by atoms with Gasteiger partial charge in [0, 0.05) is 48.5 Å². The lowest BCUT2D eigenvalue weighted by Crippen LogP contribution is -2.03. The van der Waals surface area contributed by atoms with Gasteiger partial charge in [0.15, 0.2) is 0 Å². The van der Waals surface area contributed by atoms with Crippen molar-refractivity contribution in [2.45, 2.75) is 39.2 Å². The first kappa shape index (κ1) is 40.5. The largest absolute Gasteiger partial charge is 0.479 e. The van der Waals surface area contributed by atoms with Gasteiger partial charge in [-0.25, -0.2) is 0 Å². The minimum absolute atomic E-state index is 0.0212. The van der Waals surface area contributed by atoms with Crippen molar-refractivity contribution in [3.05, 3.63) is 89.0 Å². The van der Waals surface area contributed by atoms with Crippen molar-refractivity contribution in [3.63, 3.8) is 0 Å². The molecule has 0 aromatic heterocycles. The highest BCUT2D eigenvalue weighted by Crippen LogP contribution is 2.56. The second-order valence-electron chi connectivity index (χ2n) is 10.5. The van der Waals surface area contributed by atoms with Gasteiger partial charge in [-0.15, -0.1) is 25.7 Å². The number of hydrogen-bond donors (Lipinski definition) is 0. The van der Waals surface area contributed by atoms with E-state index in [0.717, 1.165) is 95.6 Å². The van der Waals surface area contributed by atoms with E-state index in [-0.39, 0.29) is 88.6 Å². The van der Waals surface area contributed by atoms with E-state index in [1.54, 1.807) is 0 Å². The minimum Gasteiger partial charge on any atom is -0.479 e. The van der Waals surface area contributed by atoms with Crippen molar-refractivity contribution < 1.29 is 38.6 Å². The Kier molecular flexibility index (Phi) is 13.1. The second kappa shape index (κ2) is 18.1. The van der Waals surface area contributed by atoms with Crippen molar-refractivity contribution in [3.8, 4) is 72.4 Å². The highest BCUT2D eigenvalue weighted by atomic mass is 32.2. The van der Waals surface area contributed by atoms with Gasteiger partial charge >= 0.3 is 0 Å². The van der Waals surface area contributed by atoms with E-state index in [1.807, 2.05) is 0 Å². The van der Waals surface area contributed by atoms with Gasteiger partial charge in [0.2, 0.25) is 0 Å². The molecule has 8 bridgehead atoms. The molecule has 0 saturated heterocycles. The lowest BCUT2D eigenvalue weighted by atomic mass is 10.3. The molecular weight excluding hydrogens is 809 g/mol. The summed E-state index contributed by atoms with van der Waals surface area (Å²) in [5.74, 6) is 9.16. The predicted molar refractivity (Wildman–Crippen MR) is 206 cm³/mol. The third-order valence-electron chi connectivity index (χ3n) is 6.94. The van der Waals surface area contributed by atoms with Crippen LogP contribution in [0, 0.1) is 89.8 Å². The van der Waals surface area contributed by atoms with Gasteiger partial charge in [-0.3, -0.25) is 40.5 Å². The van der Waals surface area contributed by atoms with Gasteiger partial charge in [-0.05, 0) is 0 Å². The quantitative estimate of drug-likeness (QED) is 0.0658. The van der Waals surface area contributed by atoms with Crippen molar-refractivity contribution in [1.82, 2.24) is 0 Å². The van der Waals surface area contributed by atoms with E-state index >= 15 is 0 Å². The fraction of sp³-hybridized carbons (Fsp3) is 0.111. The van der Waals surface area contributed by atoms with Crippen LogP contribution in [0.3, 0.4) is 0 Å². The Morgan fingerprint density at radius 2 is 0.554 bits per heavy atom. The summed E-state index contributed by atoms with van der Waals surface area (Å²) in [4.78, 5) is 46.7. The summed E-state index contributed by atoms with van der Waals surface area (Å²) < 4.78 is 23.8. The second-order valence-corrected chi connectivity index (χ2v) is 14.8. The molecule has 280 valence electrons. The first-order valence-electron chi connectivity index (χ1n) is 15.1. The number of nitro groups is 4. The Labute approximate surface area is 334 Å². The summed E-state index contributed by atoms with van der Waals surface area (Å²) in [7, 11) is 0. The topological polar surface area (TPSA) is 209 Å². The molecule has 1 heterocycles. The summed E-state index contributed by atoms with van der Waals surface area (Å²) in [5.41, 5.74) is -1.84. The van der Waals surface area contributed by atoms with Crippen LogP contribution < -0.4 is 18.9 Å². The lowest BCUT2D eigenvalue weighted by Gasteiger charge is -2.20. The number of nitrogens with zero attached hydrogens (tertiary/aromatic N) is 4. The summed E-state index contributed by atoms with van der Waals surface area (Å²) in [5, 5.41) is 49.3. The van der Waals surface area contributed by atoms with Crippen molar-refractivity contribution in [2.24, 2.45) is 0 Å². The molecule has 0 saturated carbocycles. The lowest BCUT2D eigenvalue weighted by molar-refractivity contribution is -0.385. The zero-order valence-corrected chi connectivity index (χ0v) is 31.3. The number of terminal acetylenes is 4. The zero-order chi connectivity index (χ0) is 40.5. The molecule has 0 unspecified atom stereocenters. The summed E-state index contributed by atoms with van der Waals surface area (Å²) in [6.45, 7) is -1.39. The van der Waals surface area contributed by atoms with Gasteiger partial charge in [-0.1, -0.05) is 70.7 Å². The first-order valence-corrected chi connectivity index (χ1v) is 18.4. The third kappa shape index (κ3) is 9.15. The minimum atomic E-state index is -0.691. The van der Waals surface area contributed by atoms with Crippen LogP contribution in [-0.2, 0) is 0 Å². The summed E-state index contributed by atoms with van der Waals surface area (Å²) >= 11 is 3.05. The molecule has 0 radical (unpaired) electrons. The molecule has 0 spiro atoms. The van der Waals surface area contributed by atoms with E-state index in [1.165, 1.54) is 0 Å². The number of benzene rings is 4. The van der Waals surface area contributed by atoms with Crippen LogP contribution in [0.5, 0.6) is 23.0 Å². The Bertz CT molecular complexity index is 2050. The van der Waals surface area contributed by atoms with Crippen LogP contribution in [0.15, 0.2) is 87.7 Å². The Hall–Kier alpha value is -6.68. The smallest absolute Gasteiger partial charge is 0.271 e. The van der Waals surface area contributed by atoms with Gasteiger partial charge in [0.25, 0.3) is 22.7 Å². The molecule has 0 aliphatic carbocycles. The highest BCUT2D eigenvalue weighted by Gasteiger charge is 2.30. The molecule has 56 heavy (non-hydrogen) atoms. The molecule has 4 aromatic carbocycles. The highest BCUT2D eigenvalue weighted by molar-refractivity contribution is 8.01. The van der Waals surface area contributed by atoms with Crippen LogP contribution in [0.4, 0.5) is 22.7 Å². The zero-order valence-electron chi connectivity index (χ0n) is 28.1. The maximum atomic E-state index is 12.3. The van der Waals surface area contributed by atoms with Gasteiger partial charge in [0.1, 0.15) is 49.4 Å². The fourth-order valence-corrected chi connectivity index (χ4v) is 9.51. The van der Waals surface area contributed by atoms with Crippen LogP contribution >= 0.6 is 47.0 Å². The van der Waals surface area contributed by atoms with E-state index in [4.69, 9.17) is 44.6 Å². The number of nitro benzene ring substituents is 4. The molecule has 0 fully saturated rings. The molecule has 5 rings (SSSR count). The average Bonchev–Trinajstić information content (AvgIpc) is 3.15. The predicted octanol–water partition coefficient (Wildman–Crippen LogP) is 8.29. The summed E-state index contributed by atoms with van der Waals surface area (Å²) in [6.07, 6.45) is 22.1. The monoisotopic (exact) mass is 828 g/mol. The Morgan fingerprint density at radius 3 is 0.679 bits per heavy atom. The van der Waals surface area contributed by atoms with Crippen LogP contribution in [-0.4, -0.2) is 46.1 Å². The van der Waals surface area contributed by atoms with E-state index < -0.39 is 42.4 Å². The first-order chi connectivity index (χ1) is 26.9. The number of ether oxygens (including phenoxy) is 4. The molecule has 20 heteroatoms. The SMILES string of the molecule is C#CCOc1c2cc([N+](=O)[O-])cc1Sc1cc([N+](=O)[O-])cc(c1OCC#C)Sc1cc([N+](=O)[O-])cc(c1OCC#C)Sc1cc([N+](=O)[O-])cc(c1OCC#C)S2. The number of hydrogen-bond acceptors (Lipinski definition) is 16. The van der Waals surface area contributed by atoms with E-state index in [9.17, 15) is 40.5 Å². The molecule has 16 nitrogen and oxygen atoms in total. The number of non-ortho nitro benzene ring substituents is 4. The van der Waals surface area contributed by atoms with Crippen LogP contribution in [0.25, 0.3) is 0 Å². The third-order valence-corrected chi connectivity index (χ3v) is 11.1. The van der Waals surface area contributed by atoms with Gasteiger partial charge in [-0.2, -0.15) is 0 Å². The van der Waals surface area contributed by atoms with E-state index in [2.05, 4.69) is 23.7 Å². The van der Waals surface area contributed by atoms with Crippen molar-refractivity contribution in [2.75, 3.05) is 26.4 Å². The molecule has 1 aliphatic heterocycles. The standard InChI is InChI=1S/C36H20N4O12S4/c1-5-9-49-33-25-13-21(37(41)42)14-26(33)54-28-16-23(39(45)46)18-30(35(28)51-11-7-3)56-32-20-24(40(47)48)19-31(36(32)52-12-8-4)55-29-17-22(38(43)44)15-27(53-25)34(29)50-10-6-2/h1-4,13-20H,9-12H2. The molecule has 1 aliphatic rings. The Morgan fingerprint density at radius 1 is 0.393 bits per heavy atom.